The van der Waals surface area contributed by atoms with E-state index in [2.05, 4.69) is 15.2 Å². The van der Waals surface area contributed by atoms with Gasteiger partial charge in [-0.15, -0.1) is 0 Å². The Labute approximate surface area is 152 Å². The van der Waals surface area contributed by atoms with Crippen molar-refractivity contribution in [2.75, 3.05) is 31.1 Å². The minimum absolute atomic E-state index is 0.120. The molecule has 0 aromatic carbocycles. The van der Waals surface area contributed by atoms with Crippen molar-refractivity contribution in [3.63, 3.8) is 0 Å². The van der Waals surface area contributed by atoms with Gasteiger partial charge in [0.2, 0.25) is 5.95 Å². The summed E-state index contributed by atoms with van der Waals surface area (Å²) in [6, 6.07) is 0.120. The molecule has 0 amide bonds. The van der Waals surface area contributed by atoms with Gasteiger partial charge in [0.05, 0.1) is 5.56 Å². The number of hydrogen-bond donors (Lipinski definition) is 1. The van der Waals surface area contributed by atoms with Crippen molar-refractivity contribution in [2.24, 2.45) is 0 Å². The molecule has 1 aliphatic heterocycles. The van der Waals surface area contributed by atoms with Crippen LogP contribution in [0.4, 0.5) is 5.95 Å². The van der Waals surface area contributed by atoms with E-state index in [0.29, 0.717) is 17.2 Å². The van der Waals surface area contributed by atoms with Gasteiger partial charge in [-0.1, -0.05) is 12.8 Å². The van der Waals surface area contributed by atoms with Crippen molar-refractivity contribution in [3.8, 4) is 0 Å². The second-order valence-corrected chi connectivity index (χ2v) is 7.31. The van der Waals surface area contributed by atoms with E-state index in [9.17, 15) is 9.59 Å². The second kappa shape index (κ2) is 6.79. The van der Waals surface area contributed by atoms with E-state index in [1.54, 1.807) is 10.8 Å². The van der Waals surface area contributed by atoms with E-state index in [4.69, 9.17) is 4.98 Å². The van der Waals surface area contributed by atoms with Crippen LogP contribution >= 0.6 is 0 Å². The topological polar surface area (TPSA) is 80.1 Å². The van der Waals surface area contributed by atoms with Gasteiger partial charge >= 0.3 is 0 Å². The van der Waals surface area contributed by atoms with E-state index >= 15 is 0 Å². The van der Waals surface area contributed by atoms with Crippen molar-refractivity contribution in [1.82, 2.24) is 19.9 Å². The van der Waals surface area contributed by atoms with Crippen LogP contribution in [-0.2, 0) is 0 Å². The largest absolute Gasteiger partial charge is 0.338 e. The van der Waals surface area contributed by atoms with Crippen molar-refractivity contribution in [3.05, 3.63) is 27.7 Å². The summed E-state index contributed by atoms with van der Waals surface area (Å²) in [6.07, 6.45) is 5.92. The average molecular weight is 355 g/mol. The number of carbonyl (C=O) groups is 1. The Morgan fingerprint density at radius 1 is 1.23 bits per heavy atom. The summed E-state index contributed by atoms with van der Waals surface area (Å²) in [5.74, 6) is 0.479. The first-order valence-electron chi connectivity index (χ1n) is 9.46. The average Bonchev–Trinajstić information content (AvgIpc) is 3.16. The molecule has 7 heteroatoms. The maximum absolute atomic E-state index is 13.2. The summed E-state index contributed by atoms with van der Waals surface area (Å²) < 4.78 is 1.78. The predicted molar refractivity (Wildman–Crippen MR) is 101 cm³/mol. The normalized spacial score (nSPS) is 18.6. The van der Waals surface area contributed by atoms with Crippen LogP contribution in [0, 0.1) is 6.92 Å². The molecule has 1 N–H and O–H groups in total. The lowest BCUT2D eigenvalue weighted by molar-refractivity contribution is 0.101. The van der Waals surface area contributed by atoms with E-state index < -0.39 is 0 Å². The number of anilines is 1. The summed E-state index contributed by atoms with van der Waals surface area (Å²) >= 11 is 0. The molecule has 3 heterocycles. The van der Waals surface area contributed by atoms with E-state index in [-0.39, 0.29) is 22.9 Å². The fraction of sp³-hybridized carbons (Fsp3) is 0.579. The fourth-order valence-electron chi connectivity index (χ4n) is 4.26. The van der Waals surface area contributed by atoms with Crippen LogP contribution in [0.3, 0.4) is 0 Å². The fourth-order valence-corrected chi connectivity index (χ4v) is 4.26. The van der Waals surface area contributed by atoms with Crippen LogP contribution in [0.1, 0.15) is 54.6 Å². The lowest BCUT2D eigenvalue weighted by atomic mass is 10.0. The van der Waals surface area contributed by atoms with Crippen molar-refractivity contribution >= 4 is 22.8 Å². The standard InChI is InChI=1S/C19H25N5O2/c1-12-15-11-21-19(23-9-7-20-8-10-23)22-17(15)24(14-5-3-4-6-14)18(26)16(12)13(2)25/h11,14,20H,3-10H2,1-2H3. The molecule has 26 heavy (non-hydrogen) atoms. The lowest BCUT2D eigenvalue weighted by Gasteiger charge is -2.28. The Bertz CT molecular complexity index is 908. The minimum atomic E-state index is -0.195. The maximum atomic E-state index is 13.2. The highest BCUT2D eigenvalue weighted by atomic mass is 16.1. The Morgan fingerprint density at radius 2 is 1.92 bits per heavy atom. The van der Waals surface area contributed by atoms with Crippen molar-refractivity contribution < 1.29 is 4.79 Å². The van der Waals surface area contributed by atoms with Gasteiger partial charge in [0.25, 0.3) is 5.56 Å². The molecule has 138 valence electrons. The number of fused-ring (bicyclic) bond motifs is 1. The lowest BCUT2D eigenvalue weighted by Crippen LogP contribution is -2.44. The van der Waals surface area contributed by atoms with Gasteiger partial charge in [0, 0.05) is 43.8 Å². The number of ketones is 1. The van der Waals surface area contributed by atoms with Crippen LogP contribution in [0.5, 0.6) is 0 Å². The van der Waals surface area contributed by atoms with Gasteiger partial charge in [-0.3, -0.25) is 14.2 Å². The number of carbonyl (C=O) groups excluding carboxylic acids is 1. The predicted octanol–water partition coefficient (Wildman–Crippen LogP) is 1.83. The zero-order valence-corrected chi connectivity index (χ0v) is 15.4. The summed E-state index contributed by atoms with van der Waals surface area (Å²) in [6.45, 7) is 6.80. The van der Waals surface area contributed by atoms with Crippen LogP contribution in [0.25, 0.3) is 11.0 Å². The third-order valence-corrected chi connectivity index (χ3v) is 5.64. The smallest absolute Gasteiger partial charge is 0.263 e. The monoisotopic (exact) mass is 355 g/mol. The number of aryl methyl sites for hydroxylation is 1. The summed E-state index contributed by atoms with van der Waals surface area (Å²) in [4.78, 5) is 36.8. The van der Waals surface area contributed by atoms with Crippen LogP contribution in [-0.4, -0.2) is 46.5 Å². The highest BCUT2D eigenvalue weighted by Gasteiger charge is 2.26. The molecule has 0 unspecified atom stereocenters. The molecule has 1 saturated carbocycles. The van der Waals surface area contributed by atoms with Gasteiger partial charge in [-0.2, -0.15) is 4.98 Å². The highest BCUT2D eigenvalue weighted by Crippen LogP contribution is 2.32. The molecule has 0 radical (unpaired) electrons. The molecule has 0 spiro atoms. The molecular weight excluding hydrogens is 330 g/mol. The number of aromatic nitrogens is 3. The zero-order chi connectivity index (χ0) is 18.3. The van der Waals surface area contributed by atoms with E-state index in [1.807, 2.05) is 6.92 Å². The Hall–Kier alpha value is -2.28. The molecule has 2 aromatic heterocycles. The van der Waals surface area contributed by atoms with Gasteiger partial charge in [-0.05, 0) is 32.3 Å². The second-order valence-electron chi connectivity index (χ2n) is 7.31. The maximum Gasteiger partial charge on any atom is 0.263 e. The number of pyridine rings is 1. The molecule has 1 aliphatic carbocycles. The molecule has 2 aliphatic rings. The third kappa shape index (κ3) is 2.80. The van der Waals surface area contributed by atoms with Crippen LogP contribution in [0.2, 0.25) is 0 Å². The van der Waals surface area contributed by atoms with Gasteiger partial charge in [0.1, 0.15) is 5.65 Å². The molecule has 0 bridgehead atoms. The number of nitrogens with one attached hydrogen (secondary N) is 1. The Morgan fingerprint density at radius 3 is 2.58 bits per heavy atom. The molecule has 2 aromatic rings. The van der Waals surface area contributed by atoms with Gasteiger partial charge in [0.15, 0.2) is 5.78 Å². The summed E-state index contributed by atoms with van der Waals surface area (Å²) in [5, 5.41) is 4.13. The molecule has 7 nitrogen and oxygen atoms in total. The SMILES string of the molecule is CC(=O)c1c(C)c2cnc(N3CCNCC3)nc2n(C2CCCC2)c1=O. The molecular formula is C19H25N5O2. The highest BCUT2D eigenvalue weighted by molar-refractivity contribution is 5.99. The number of piperazine rings is 1. The van der Waals surface area contributed by atoms with Gasteiger partial charge < -0.3 is 10.2 Å². The van der Waals surface area contributed by atoms with Crippen molar-refractivity contribution in [1.29, 1.82) is 0 Å². The molecule has 4 rings (SSSR count). The quantitative estimate of drug-likeness (QED) is 0.846. The number of hydrogen-bond acceptors (Lipinski definition) is 6. The number of rotatable bonds is 3. The first kappa shape index (κ1) is 17.1. The molecule has 1 saturated heterocycles. The summed E-state index contributed by atoms with van der Waals surface area (Å²) in [5.41, 5.74) is 1.45. The number of nitrogens with zero attached hydrogens (tertiary/aromatic N) is 4. The first-order valence-corrected chi connectivity index (χ1v) is 9.46. The van der Waals surface area contributed by atoms with Gasteiger partial charge in [-0.25, -0.2) is 4.98 Å². The van der Waals surface area contributed by atoms with E-state index in [1.165, 1.54) is 6.92 Å². The van der Waals surface area contributed by atoms with E-state index in [0.717, 1.165) is 57.2 Å². The van der Waals surface area contributed by atoms with Crippen LogP contribution in [0.15, 0.2) is 11.0 Å². The molecule has 0 atom stereocenters. The Balaban J connectivity index is 1.95. The van der Waals surface area contributed by atoms with Crippen molar-refractivity contribution in [2.45, 2.75) is 45.6 Å². The zero-order valence-electron chi connectivity index (χ0n) is 15.4. The summed E-state index contributed by atoms with van der Waals surface area (Å²) in [7, 11) is 0. The number of Topliss-reactive ketones (excluding diaryl/α,β-unsaturated/α-hetero) is 1. The minimum Gasteiger partial charge on any atom is -0.338 e. The van der Waals surface area contributed by atoms with Crippen LogP contribution < -0.4 is 15.8 Å². The third-order valence-electron chi connectivity index (χ3n) is 5.64. The molecule has 2 fully saturated rings. The first-order chi connectivity index (χ1) is 12.6. The Kier molecular flexibility index (Phi) is 4.48.